The van der Waals surface area contributed by atoms with Crippen molar-refractivity contribution < 1.29 is 4.79 Å². The average Bonchev–Trinajstić information content (AvgIpc) is 3.02. The number of amides is 2. The van der Waals surface area contributed by atoms with E-state index in [0.29, 0.717) is 11.5 Å². The van der Waals surface area contributed by atoms with Crippen molar-refractivity contribution in [2.75, 3.05) is 16.4 Å². The van der Waals surface area contributed by atoms with Crippen LogP contribution in [0, 0.1) is 13.8 Å². The van der Waals surface area contributed by atoms with Gasteiger partial charge in [0.1, 0.15) is 17.0 Å². The molecule has 0 bridgehead atoms. The summed E-state index contributed by atoms with van der Waals surface area (Å²) in [5, 5.41) is 6.54. The predicted molar refractivity (Wildman–Crippen MR) is 124 cm³/mol. The lowest BCUT2D eigenvalue weighted by Gasteiger charge is -2.10. The monoisotopic (exact) mass is 467 g/mol. The summed E-state index contributed by atoms with van der Waals surface area (Å²) < 4.78 is 0.938. The summed E-state index contributed by atoms with van der Waals surface area (Å²) >= 11 is 5.11. The van der Waals surface area contributed by atoms with Crippen LogP contribution in [0.1, 0.15) is 11.1 Å². The van der Waals surface area contributed by atoms with Crippen LogP contribution in [0.15, 0.2) is 52.6 Å². The minimum absolute atomic E-state index is 0.291. The first-order valence-electron chi connectivity index (χ1n) is 8.86. The predicted octanol–water partition coefficient (Wildman–Crippen LogP) is 5.96. The van der Waals surface area contributed by atoms with E-state index in [4.69, 9.17) is 5.73 Å². The lowest BCUT2D eigenvalue weighted by molar-refractivity contribution is 0.262. The molecule has 0 fully saturated rings. The van der Waals surface area contributed by atoms with Crippen LogP contribution in [-0.4, -0.2) is 16.0 Å². The standard InChI is InChI=1S/C21H18BrN5OS/c1-11-3-6-15(9-12(11)2)27-21(28)26-14-7-4-13(5-8-14)16-17-19(23)24-10-25-20(17)29-18(16)22/h3-10H,1-2H3,(H2,23,24,25)(H2,26,27,28). The third-order valence-corrected chi connectivity index (χ3v) is 6.44. The zero-order valence-electron chi connectivity index (χ0n) is 15.8. The van der Waals surface area contributed by atoms with Gasteiger partial charge in [0.15, 0.2) is 0 Å². The van der Waals surface area contributed by atoms with E-state index < -0.39 is 0 Å². The summed E-state index contributed by atoms with van der Waals surface area (Å²) in [6.07, 6.45) is 1.46. The lowest BCUT2D eigenvalue weighted by atomic mass is 10.1. The quantitative estimate of drug-likeness (QED) is 0.346. The Kier molecular flexibility index (Phi) is 5.21. The summed E-state index contributed by atoms with van der Waals surface area (Å²) in [5.74, 6) is 0.446. The number of benzene rings is 2. The Bertz CT molecular complexity index is 1220. The number of anilines is 3. The number of aromatic nitrogens is 2. The number of thiophene rings is 1. The first kappa shape index (κ1) is 19.4. The maximum atomic E-state index is 12.3. The van der Waals surface area contributed by atoms with Crippen LogP contribution in [0.3, 0.4) is 0 Å². The maximum Gasteiger partial charge on any atom is 0.323 e. The van der Waals surface area contributed by atoms with Crippen molar-refractivity contribution in [2.24, 2.45) is 0 Å². The number of carbonyl (C=O) groups is 1. The van der Waals surface area contributed by atoms with Gasteiger partial charge in [-0.05, 0) is 70.7 Å². The van der Waals surface area contributed by atoms with Crippen molar-refractivity contribution in [3.05, 3.63) is 63.7 Å². The highest BCUT2D eigenvalue weighted by atomic mass is 79.9. The third-order valence-electron chi connectivity index (χ3n) is 4.67. The van der Waals surface area contributed by atoms with Gasteiger partial charge >= 0.3 is 6.03 Å². The van der Waals surface area contributed by atoms with Crippen molar-refractivity contribution in [3.8, 4) is 11.1 Å². The number of nitrogens with zero attached hydrogens (tertiary/aromatic N) is 2. The first-order valence-corrected chi connectivity index (χ1v) is 10.5. The highest BCUT2D eigenvalue weighted by molar-refractivity contribution is 9.11. The second-order valence-corrected chi connectivity index (χ2v) is 8.96. The van der Waals surface area contributed by atoms with Crippen LogP contribution in [-0.2, 0) is 0 Å². The number of hydrogen-bond acceptors (Lipinski definition) is 5. The van der Waals surface area contributed by atoms with Crippen molar-refractivity contribution in [1.29, 1.82) is 0 Å². The number of nitrogen functional groups attached to an aromatic ring is 1. The van der Waals surface area contributed by atoms with Crippen molar-refractivity contribution in [3.63, 3.8) is 0 Å². The third kappa shape index (κ3) is 3.94. The Balaban J connectivity index is 1.53. The molecule has 0 aliphatic carbocycles. The molecule has 2 aromatic heterocycles. The van der Waals surface area contributed by atoms with E-state index in [0.717, 1.165) is 36.4 Å². The molecular weight excluding hydrogens is 450 g/mol. The van der Waals surface area contributed by atoms with Crippen LogP contribution < -0.4 is 16.4 Å². The second kappa shape index (κ2) is 7.81. The van der Waals surface area contributed by atoms with Crippen LogP contribution >= 0.6 is 27.3 Å². The highest BCUT2D eigenvalue weighted by Gasteiger charge is 2.16. The minimum Gasteiger partial charge on any atom is -0.383 e. The molecule has 0 aliphatic heterocycles. The number of carbonyl (C=O) groups excluding carboxylic acids is 1. The lowest BCUT2D eigenvalue weighted by Crippen LogP contribution is -2.19. The number of fused-ring (bicyclic) bond motifs is 1. The van der Waals surface area contributed by atoms with Crippen LogP contribution in [0.2, 0.25) is 0 Å². The van der Waals surface area contributed by atoms with Gasteiger partial charge in [0.25, 0.3) is 0 Å². The molecule has 0 saturated heterocycles. The van der Waals surface area contributed by atoms with Gasteiger partial charge in [-0.2, -0.15) is 0 Å². The topological polar surface area (TPSA) is 92.9 Å². The van der Waals surface area contributed by atoms with Crippen LogP contribution in [0.25, 0.3) is 21.3 Å². The molecule has 4 rings (SSSR count). The normalized spacial score (nSPS) is 10.9. The number of aryl methyl sites for hydroxylation is 2. The molecule has 2 aromatic carbocycles. The molecule has 0 radical (unpaired) electrons. The zero-order chi connectivity index (χ0) is 20.5. The van der Waals surface area contributed by atoms with Gasteiger partial charge in [0, 0.05) is 16.9 Å². The number of nitrogens with two attached hydrogens (primary N) is 1. The Hall–Kier alpha value is -2.97. The van der Waals surface area contributed by atoms with E-state index >= 15 is 0 Å². The Morgan fingerprint density at radius 1 is 1.00 bits per heavy atom. The molecule has 2 amide bonds. The summed E-state index contributed by atoms with van der Waals surface area (Å²) in [5.41, 5.74) is 11.7. The van der Waals surface area contributed by atoms with Gasteiger partial charge in [0.05, 0.1) is 9.17 Å². The molecule has 8 heteroatoms. The molecule has 29 heavy (non-hydrogen) atoms. The Morgan fingerprint density at radius 3 is 2.41 bits per heavy atom. The Morgan fingerprint density at radius 2 is 1.69 bits per heavy atom. The SMILES string of the molecule is Cc1ccc(NC(=O)Nc2ccc(-c3c(Br)sc4ncnc(N)c34)cc2)cc1C. The van der Waals surface area contributed by atoms with Gasteiger partial charge in [-0.15, -0.1) is 11.3 Å². The number of nitrogens with one attached hydrogen (secondary N) is 2. The number of urea groups is 1. The van der Waals surface area contributed by atoms with Crippen molar-refractivity contribution >= 4 is 60.7 Å². The van der Waals surface area contributed by atoms with Crippen molar-refractivity contribution in [2.45, 2.75) is 13.8 Å². The smallest absolute Gasteiger partial charge is 0.323 e. The maximum absolute atomic E-state index is 12.3. The highest BCUT2D eigenvalue weighted by Crippen LogP contribution is 2.43. The minimum atomic E-state index is -0.291. The number of rotatable bonds is 3. The number of halogens is 1. The van der Waals surface area contributed by atoms with Gasteiger partial charge in [0.2, 0.25) is 0 Å². The molecule has 0 aliphatic rings. The average molecular weight is 468 g/mol. The summed E-state index contributed by atoms with van der Waals surface area (Å²) in [4.78, 5) is 21.5. The summed E-state index contributed by atoms with van der Waals surface area (Å²) in [7, 11) is 0. The van der Waals surface area contributed by atoms with E-state index in [-0.39, 0.29) is 6.03 Å². The van der Waals surface area contributed by atoms with E-state index in [1.54, 1.807) is 0 Å². The molecular formula is C21H18BrN5OS. The van der Waals surface area contributed by atoms with Crippen molar-refractivity contribution in [1.82, 2.24) is 9.97 Å². The molecule has 0 saturated carbocycles. The van der Waals surface area contributed by atoms with Gasteiger partial charge in [-0.3, -0.25) is 0 Å². The van der Waals surface area contributed by atoms with Crippen LogP contribution in [0.5, 0.6) is 0 Å². The van der Waals surface area contributed by atoms with Gasteiger partial charge in [-0.1, -0.05) is 18.2 Å². The van der Waals surface area contributed by atoms with E-state index in [1.807, 2.05) is 56.3 Å². The fourth-order valence-corrected chi connectivity index (χ4v) is 4.81. The van der Waals surface area contributed by atoms with Gasteiger partial charge < -0.3 is 16.4 Å². The van der Waals surface area contributed by atoms with E-state index in [2.05, 4.69) is 36.5 Å². The van der Waals surface area contributed by atoms with E-state index in [9.17, 15) is 4.79 Å². The molecule has 0 atom stereocenters. The molecule has 4 aromatic rings. The largest absolute Gasteiger partial charge is 0.383 e. The fourth-order valence-electron chi connectivity index (χ4n) is 3.02. The fraction of sp³-hybridized carbons (Fsp3) is 0.0952. The van der Waals surface area contributed by atoms with Gasteiger partial charge in [-0.25, -0.2) is 14.8 Å². The molecule has 0 unspecified atom stereocenters. The first-order chi connectivity index (χ1) is 13.9. The summed E-state index contributed by atoms with van der Waals surface area (Å²) in [6, 6.07) is 13.1. The molecule has 0 spiro atoms. The van der Waals surface area contributed by atoms with E-state index in [1.165, 1.54) is 23.2 Å². The molecule has 2 heterocycles. The number of hydrogen-bond donors (Lipinski definition) is 3. The molecule has 146 valence electrons. The summed E-state index contributed by atoms with van der Waals surface area (Å²) in [6.45, 7) is 4.05. The zero-order valence-corrected chi connectivity index (χ0v) is 18.2. The van der Waals surface area contributed by atoms with Crippen LogP contribution in [0.4, 0.5) is 22.0 Å². The second-order valence-electron chi connectivity index (χ2n) is 6.65. The molecule has 4 N–H and O–H groups in total. The molecule has 6 nitrogen and oxygen atoms in total. The Labute approximate surface area is 180 Å².